The number of piperazine rings is 1. The quantitative estimate of drug-likeness (QED) is 0.669. The van der Waals surface area contributed by atoms with Crippen molar-refractivity contribution in [1.29, 1.82) is 0 Å². The molecule has 1 saturated heterocycles. The number of aromatic nitrogens is 2. The van der Waals surface area contributed by atoms with Gasteiger partial charge in [0, 0.05) is 43.6 Å². The van der Waals surface area contributed by atoms with Gasteiger partial charge in [0.15, 0.2) is 0 Å². The van der Waals surface area contributed by atoms with Crippen molar-refractivity contribution in [3.8, 4) is 0 Å². The number of amides is 2. The Hall–Kier alpha value is -2.71. The van der Waals surface area contributed by atoms with Crippen molar-refractivity contribution in [2.75, 3.05) is 36.4 Å². The van der Waals surface area contributed by atoms with E-state index in [-0.39, 0.29) is 11.8 Å². The van der Waals surface area contributed by atoms with E-state index < -0.39 is 4.75 Å². The van der Waals surface area contributed by atoms with Gasteiger partial charge in [-0.25, -0.2) is 4.98 Å². The van der Waals surface area contributed by atoms with Crippen molar-refractivity contribution in [3.63, 3.8) is 0 Å². The van der Waals surface area contributed by atoms with Gasteiger partial charge in [0.25, 0.3) is 0 Å². The third-order valence-corrected chi connectivity index (χ3v) is 6.97. The van der Waals surface area contributed by atoms with Crippen LogP contribution in [0.5, 0.6) is 0 Å². The van der Waals surface area contributed by atoms with Crippen LogP contribution in [-0.2, 0) is 9.59 Å². The summed E-state index contributed by atoms with van der Waals surface area (Å²) in [5.41, 5.74) is 2.57. The first-order chi connectivity index (χ1) is 14.9. The molecule has 9 heteroatoms. The number of allylic oxidation sites excluding steroid dienone is 1. The third-order valence-electron chi connectivity index (χ3n) is 5.43. The predicted molar refractivity (Wildman–Crippen MR) is 126 cm³/mol. The Morgan fingerprint density at radius 1 is 1.23 bits per heavy atom. The lowest BCUT2D eigenvalue weighted by Crippen LogP contribution is -2.53. The van der Waals surface area contributed by atoms with E-state index in [4.69, 9.17) is 11.6 Å². The third kappa shape index (κ3) is 5.14. The van der Waals surface area contributed by atoms with Crippen molar-refractivity contribution >= 4 is 52.6 Å². The summed E-state index contributed by atoms with van der Waals surface area (Å²) in [4.78, 5) is 36.0. The molecule has 0 saturated carbocycles. The van der Waals surface area contributed by atoms with Gasteiger partial charge in [0.2, 0.25) is 11.8 Å². The highest BCUT2D eigenvalue weighted by Gasteiger charge is 2.41. The number of carbonyl (C=O) groups is 2. The van der Waals surface area contributed by atoms with Crippen LogP contribution in [0.4, 0.5) is 11.4 Å². The number of nitrogens with one attached hydrogen (secondary N) is 2. The van der Waals surface area contributed by atoms with Gasteiger partial charge >= 0.3 is 0 Å². The Morgan fingerprint density at radius 2 is 1.97 bits per heavy atom. The number of carbonyl (C=O) groups excluding carboxylic acids is 2. The molecule has 3 heterocycles. The van der Waals surface area contributed by atoms with E-state index in [9.17, 15) is 9.59 Å². The van der Waals surface area contributed by atoms with Crippen molar-refractivity contribution in [1.82, 2.24) is 14.9 Å². The van der Waals surface area contributed by atoms with Gasteiger partial charge < -0.3 is 20.1 Å². The summed E-state index contributed by atoms with van der Waals surface area (Å²) in [5.74, 6) is -0.0485. The normalized spacial score (nSPS) is 21.4. The first-order valence-electron chi connectivity index (χ1n) is 10.1. The van der Waals surface area contributed by atoms with Crippen LogP contribution in [0.1, 0.15) is 19.0 Å². The van der Waals surface area contributed by atoms with E-state index in [1.54, 1.807) is 18.6 Å². The number of halogens is 1. The maximum absolute atomic E-state index is 12.9. The maximum Gasteiger partial charge on any atom is 0.248 e. The van der Waals surface area contributed by atoms with E-state index in [2.05, 4.69) is 20.2 Å². The lowest BCUT2D eigenvalue weighted by Gasteiger charge is -2.39. The Bertz CT molecular complexity index is 997. The van der Waals surface area contributed by atoms with E-state index in [0.717, 1.165) is 30.2 Å². The monoisotopic (exact) mass is 457 g/mol. The van der Waals surface area contributed by atoms with Crippen molar-refractivity contribution < 1.29 is 9.59 Å². The molecule has 2 aliphatic rings. The van der Waals surface area contributed by atoms with Gasteiger partial charge in [0.1, 0.15) is 4.75 Å². The SMILES string of the molecule is CC1(C(=O)N2CCN(c3ccc(NC(=O)/C=C/c4cnc[nH]4)cc3)CC2)CC=C(Cl)S1. The van der Waals surface area contributed by atoms with Crippen LogP contribution < -0.4 is 10.2 Å². The van der Waals surface area contributed by atoms with E-state index >= 15 is 0 Å². The molecule has 1 atom stereocenters. The van der Waals surface area contributed by atoms with Crippen LogP contribution in [0.15, 0.2) is 53.3 Å². The molecule has 31 heavy (non-hydrogen) atoms. The van der Waals surface area contributed by atoms with Gasteiger partial charge in [-0.15, -0.1) is 0 Å². The molecule has 0 radical (unpaired) electrons. The largest absolute Gasteiger partial charge is 0.368 e. The predicted octanol–water partition coefficient (Wildman–Crippen LogP) is 3.69. The number of aromatic amines is 1. The number of thioether (sulfide) groups is 1. The fraction of sp³-hybridized carbons (Fsp3) is 0.318. The molecule has 0 bridgehead atoms. The number of benzene rings is 1. The number of anilines is 2. The van der Waals surface area contributed by atoms with Gasteiger partial charge in [0.05, 0.1) is 22.6 Å². The molecular weight excluding hydrogens is 434 g/mol. The maximum atomic E-state index is 12.9. The second kappa shape index (κ2) is 9.20. The van der Waals surface area contributed by atoms with Gasteiger partial charge in [-0.1, -0.05) is 29.4 Å². The Labute approximate surface area is 190 Å². The van der Waals surface area contributed by atoms with E-state index in [1.807, 2.05) is 42.2 Å². The molecule has 2 aromatic rings. The molecule has 1 fully saturated rings. The molecule has 4 rings (SSSR count). The molecule has 1 aromatic heterocycles. The van der Waals surface area contributed by atoms with Crippen LogP contribution in [0, 0.1) is 0 Å². The van der Waals surface area contributed by atoms with Crippen LogP contribution in [-0.4, -0.2) is 57.6 Å². The minimum Gasteiger partial charge on any atom is -0.368 e. The van der Waals surface area contributed by atoms with Crippen LogP contribution >= 0.6 is 23.4 Å². The lowest BCUT2D eigenvalue weighted by molar-refractivity contribution is -0.133. The van der Waals surface area contributed by atoms with Crippen molar-refractivity contribution in [2.24, 2.45) is 0 Å². The Morgan fingerprint density at radius 3 is 2.58 bits per heavy atom. The van der Waals surface area contributed by atoms with Gasteiger partial charge in [-0.2, -0.15) is 0 Å². The second-order valence-corrected chi connectivity index (χ2v) is 9.88. The standard InChI is InChI=1S/C22H24ClN5O2S/c1-22(9-8-19(23)31-22)21(30)28-12-10-27(11-13-28)18-5-2-16(3-6-18)26-20(29)7-4-17-14-24-15-25-17/h2-8,14-15H,9-13H2,1H3,(H,24,25)(H,26,29)/b7-4+. The zero-order chi connectivity index (χ0) is 21.8. The van der Waals surface area contributed by atoms with Gasteiger partial charge in [-0.05, 0) is 43.7 Å². The molecule has 7 nitrogen and oxygen atoms in total. The zero-order valence-electron chi connectivity index (χ0n) is 17.2. The second-order valence-electron chi connectivity index (χ2n) is 7.70. The van der Waals surface area contributed by atoms with Crippen LogP contribution in [0.2, 0.25) is 0 Å². The summed E-state index contributed by atoms with van der Waals surface area (Å²) in [6.07, 6.45) is 8.95. The summed E-state index contributed by atoms with van der Waals surface area (Å²) in [5, 5.41) is 2.85. The molecule has 2 N–H and O–H groups in total. The topological polar surface area (TPSA) is 81.3 Å². The highest BCUT2D eigenvalue weighted by atomic mass is 35.5. The minimum atomic E-state index is -0.481. The number of H-pyrrole nitrogens is 1. The molecule has 1 unspecified atom stereocenters. The van der Waals surface area contributed by atoms with Crippen molar-refractivity contribution in [3.05, 3.63) is 59.0 Å². The Balaban J connectivity index is 1.28. The molecule has 1 aromatic carbocycles. The lowest BCUT2D eigenvalue weighted by atomic mass is 10.0. The number of nitrogens with zero attached hydrogens (tertiary/aromatic N) is 3. The minimum absolute atomic E-state index is 0.158. The van der Waals surface area contributed by atoms with Crippen LogP contribution in [0.25, 0.3) is 6.08 Å². The Kier molecular flexibility index (Phi) is 6.38. The highest BCUT2D eigenvalue weighted by molar-refractivity contribution is 8.06. The molecule has 0 spiro atoms. The van der Waals surface area contributed by atoms with E-state index in [0.29, 0.717) is 23.9 Å². The van der Waals surface area contributed by atoms with E-state index in [1.165, 1.54) is 17.8 Å². The summed E-state index contributed by atoms with van der Waals surface area (Å²) < 4.78 is 0.226. The molecular formula is C22H24ClN5O2S. The van der Waals surface area contributed by atoms with Crippen LogP contribution in [0.3, 0.4) is 0 Å². The number of imidazole rings is 1. The summed E-state index contributed by atoms with van der Waals surface area (Å²) in [7, 11) is 0. The molecule has 2 amide bonds. The molecule has 162 valence electrons. The highest BCUT2D eigenvalue weighted by Crippen LogP contribution is 2.44. The number of rotatable bonds is 5. The van der Waals surface area contributed by atoms with Crippen molar-refractivity contribution in [2.45, 2.75) is 18.1 Å². The first-order valence-corrected chi connectivity index (χ1v) is 11.3. The smallest absolute Gasteiger partial charge is 0.248 e. The average Bonchev–Trinajstić information content (AvgIpc) is 3.42. The molecule has 2 aliphatic heterocycles. The summed E-state index contributed by atoms with van der Waals surface area (Å²) in [6, 6.07) is 7.75. The summed E-state index contributed by atoms with van der Waals surface area (Å²) >= 11 is 7.53. The average molecular weight is 458 g/mol. The fourth-order valence-corrected chi connectivity index (χ4v) is 5.24. The zero-order valence-corrected chi connectivity index (χ0v) is 18.7. The fourth-order valence-electron chi connectivity index (χ4n) is 3.67. The number of hydrogen-bond donors (Lipinski definition) is 2. The first kappa shape index (κ1) is 21.5. The molecule has 0 aliphatic carbocycles. The number of hydrogen-bond acceptors (Lipinski definition) is 5. The summed E-state index contributed by atoms with van der Waals surface area (Å²) in [6.45, 7) is 4.88. The van der Waals surface area contributed by atoms with Gasteiger partial charge in [-0.3, -0.25) is 9.59 Å².